The minimum Gasteiger partial charge on any atom is -0.327 e. The van der Waals surface area contributed by atoms with Gasteiger partial charge in [-0.1, -0.05) is 24.8 Å². The summed E-state index contributed by atoms with van der Waals surface area (Å²) in [5.74, 6) is -0.273. The van der Waals surface area contributed by atoms with Crippen LogP contribution in [0.3, 0.4) is 0 Å². The maximum atomic E-state index is 13.2. The van der Waals surface area contributed by atoms with E-state index in [1.807, 2.05) is 42.8 Å². The lowest BCUT2D eigenvalue weighted by atomic mass is 9.95. The van der Waals surface area contributed by atoms with Crippen molar-refractivity contribution in [2.45, 2.75) is 13.8 Å². The summed E-state index contributed by atoms with van der Waals surface area (Å²) in [5, 5.41) is 0.888. The molecular formula is C23H19FN2O. The average Bonchev–Trinajstić information content (AvgIpc) is 3.09. The normalized spacial score (nSPS) is 11.1. The second-order valence-electron chi connectivity index (χ2n) is 6.72. The van der Waals surface area contributed by atoms with Crippen LogP contribution in [0.2, 0.25) is 0 Å². The first-order valence-corrected chi connectivity index (χ1v) is 8.71. The van der Waals surface area contributed by atoms with Crippen LogP contribution in [0.4, 0.5) is 4.39 Å². The number of hydrogen-bond donors (Lipinski definition) is 1. The zero-order valence-corrected chi connectivity index (χ0v) is 15.2. The summed E-state index contributed by atoms with van der Waals surface area (Å²) in [7, 11) is 0. The molecule has 3 nitrogen and oxygen atoms in total. The van der Waals surface area contributed by atoms with E-state index in [2.05, 4.69) is 17.6 Å². The predicted molar refractivity (Wildman–Crippen MR) is 108 cm³/mol. The summed E-state index contributed by atoms with van der Waals surface area (Å²) >= 11 is 0. The predicted octanol–water partition coefficient (Wildman–Crippen LogP) is 5.14. The average molecular weight is 358 g/mol. The van der Waals surface area contributed by atoms with E-state index in [-0.39, 0.29) is 11.4 Å². The van der Waals surface area contributed by atoms with Crippen LogP contribution in [0.1, 0.15) is 22.3 Å². The Kier molecular flexibility index (Phi) is 4.04. The first-order chi connectivity index (χ1) is 13.0. The zero-order valence-electron chi connectivity index (χ0n) is 15.2. The Labute approximate surface area is 156 Å². The molecule has 0 atom stereocenters. The number of fused-ring (bicyclic) bond motifs is 1. The summed E-state index contributed by atoms with van der Waals surface area (Å²) < 4.78 is 15.2. The SMILES string of the molecule is C=C(c1ccc(F)cc1)c1cc(C)c(C)c(-n2ccc3cc[nH]c(=O)c32)c1. The lowest BCUT2D eigenvalue weighted by molar-refractivity contribution is 0.627. The van der Waals surface area contributed by atoms with Gasteiger partial charge in [-0.25, -0.2) is 4.39 Å². The maximum Gasteiger partial charge on any atom is 0.272 e. The number of H-pyrrole nitrogens is 1. The first kappa shape index (κ1) is 17.0. The number of aromatic amines is 1. The third-order valence-electron chi connectivity index (χ3n) is 5.05. The van der Waals surface area contributed by atoms with Gasteiger partial charge >= 0.3 is 0 Å². The molecule has 0 bridgehead atoms. The van der Waals surface area contributed by atoms with Gasteiger partial charge in [0.05, 0.1) is 0 Å². The Hall–Kier alpha value is -3.40. The van der Waals surface area contributed by atoms with Gasteiger partial charge in [-0.2, -0.15) is 0 Å². The fourth-order valence-corrected chi connectivity index (χ4v) is 3.38. The molecule has 0 saturated carbocycles. The quantitative estimate of drug-likeness (QED) is 0.541. The largest absolute Gasteiger partial charge is 0.327 e. The highest BCUT2D eigenvalue weighted by atomic mass is 19.1. The molecule has 0 aliphatic heterocycles. The fourth-order valence-electron chi connectivity index (χ4n) is 3.38. The van der Waals surface area contributed by atoms with Crippen LogP contribution in [-0.4, -0.2) is 9.55 Å². The minimum absolute atomic E-state index is 0.127. The number of rotatable bonds is 3. The van der Waals surface area contributed by atoms with Gasteiger partial charge in [0, 0.05) is 23.5 Å². The van der Waals surface area contributed by atoms with Gasteiger partial charge in [0.1, 0.15) is 11.3 Å². The first-order valence-electron chi connectivity index (χ1n) is 8.71. The van der Waals surface area contributed by atoms with Crippen molar-refractivity contribution in [3.63, 3.8) is 0 Å². The van der Waals surface area contributed by atoms with E-state index in [1.165, 1.54) is 12.1 Å². The summed E-state index contributed by atoms with van der Waals surface area (Å²) in [4.78, 5) is 15.1. The molecule has 2 aromatic heterocycles. The molecule has 4 rings (SSSR count). The van der Waals surface area contributed by atoms with E-state index in [1.54, 1.807) is 18.3 Å². The summed E-state index contributed by atoms with van der Waals surface area (Å²) in [6, 6.07) is 14.2. The van der Waals surface area contributed by atoms with Crippen molar-refractivity contribution in [2.24, 2.45) is 0 Å². The molecule has 0 unspecified atom stereocenters. The molecule has 0 aliphatic carbocycles. The van der Waals surface area contributed by atoms with E-state index in [0.717, 1.165) is 38.9 Å². The number of pyridine rings is 1. The highest BCUT2D eigenvalue weighted by Gasteiger charge is 2.13. The molecule has 0 radical (unpaired) electrons. The summed E-state index contributed by atoms with van der Waals surface area (Å²) in [6.45, 7) is 8.28. The van der Waals surface area contributed by atoms with Crippen molar-refractivity contribution < 1.29 is 4.39 Å². The van der Waals surface area contributed by atoms with Crippen LogP contribution >= 0.6 is 0 Å². The van der Waals surface area contributed by atoms with Gasteiger partial charge in [-0.05, 0) is 72.0 Å². The van der Waals surface area contributed by atoms with Crippen molar-refractivity contribution in [2.75, 3.05) is 0 Å². The van der Waals surface area contributed by atoms with Gasteiger partial charge in [-0.15, -0.1) is 0 Å². The fraction of sp³-hybridized carbons (Fsp3) is 0.0870. The number of hydrogen-bond acceptors (Lipinski definition) is 1. The van der Waals surface area contributed by atoms with Crippen molar-refractivity contribution in [3.05, 3.63) is 106 Å². The van der Waals surface area contributed by atoms with Crippen LogP contribution in [0.25, 0.3) is 22.2 Å². The van der Waals surface area contributed by atoms with E-state index in [9.17, 15) is 9.18 Å². The molecular weight excluding hydrogens is 339 g/mol. The van der Waals surface area contributed by atoms with Gasteiger partial charge in [0.15, 0.2) is 0 Å². The van der Waals surface area contributed by atoms with E-state index in [4.69, 9.17) is 0 Å². The van der Waals surface area contributed by atoms with Crippen LogP contribution in [-0.2, 0) is 0 Å². The van der Waals surface area contributed by atoms with E-state index < -0.39 is 0 Å². The van der Waals surface area contributed by atoms with Gasteiger partial charge in [0.2, 0.25) is 0 Å². The number of benzene rings is 2. The number of nitrogens with zero attached hydrogens (tertiary/aromatic N) is 1. The van der Waals surface area contributed by atoms with E-state index >= 15 is 0 Å². The Morgan fingerprint density at radius 2 is 1.78 bits per heavy atom. The number of aryl methyl sites for hydroxylation is 1. The van der Waals surface area contributed by atoms with Gasteiger partial charge in [-0.3, -0.25) is 4.79 Å². The molecule has 0 fully saturated rings. The lowest BCUT2D eigenvalue weighted by Crippen LogP contribution is -2.10. The Bertz CT molecular complexity index is 1230. The molecule has 134 valence electrons. The molecule has 2 heterocycles. The molecule has 0 saturated heterocycles. The topological polar surface area (TPSA) is 37.8 Å². The molecule has 0 aliphatic rings. The monoisotopic (exact) mass is 358 g/mol. The second-order valence-corrected chi connectivity index (χ2v) is 6.72. The van der Waals surface area contributed by atoms with Crippen molar-refractivity contribution in [1.29, 1.82) is 0 Å². The van der Waals surface area contributed by atoms with Crippen molar-refractivity contribution >= 4 is 16.5 Å². The summed E-state index contributed by atoms with van der Waals surface area (Å²) in [5.41, 5.74) is 6.22. The van der Waals surface area contributed by atoms with Crippen molar-refractivity contribution in [3.8, 4) is 5.69 Å². The highest BCUT2D eigenvalue weighted by molar-refractivity contribution is 5.83. The molecule has 1 N–H and O–H groups in total. The molecule has 4 aromatic rings. The van der Waals surface area contributed by atoms with Gasteiger partial charge < -0.3 is 9.55 Å². The van der Waals surface area contributed by atoms with E-state index in [0.29, 0.717) is 5.52 Å². The highest BCUT2D eigenvalue weighted by Crippen LogP contribution is 2.29. The maximum absolute atomic E-state index is 13.2. The van der Waals surface area contributed by atoms with Crippen LogP contribution in [0, 0.1) is 19.7 Å². The lowest BCUT2D eigenvalue weighted by Gasteiger charge is -2.16. The Morgan fingerprint density at radius 3 is 2.52 bits per heavy atom. The second kappa shape index (κ2) is 6.40. The standard InChI is InChI=1S/C23H19FN2O/c1-14-12-19(16(3)17-4-6-20(24)7-5-17)13-21(15(14)2)26-11-9-18-8-10-25-23(27)22(18)26/h4-13H,3H2,1-2H3,(H,25,27). The molecule has 27 heavy (non-hydrogen) atoms. The number of aromatic nitrogens is 2. The zero-order chi connectivity index (χ0) is 19.1. The molecule has 4 heteroatoms. The van der Waals surface area contributed by atoms with Crippen LogP contribution in [0.5, 0.6) is 0 Å². The van der Waals surface area contributed by atoms with Crippen LogP contribution in [0.15, 0.2) is 72.3 Å². The Balaban J connectivity index is 1.90. The third-order valence-corrected chi connectivity index (χ3v) is 5.05. The van der Waals surface area contributed by atoms with Crippen LogP contribution < -0.4 is 5.56 Å². The number of nitrogens with one attached hydrogen (secondary N) is 1. The number of halogens is 1. The molecule has 0 spiro atoms. The molecule has 0 amide bonds. The van der Waals surface area contributed by atoms with Crippen molar-refractivity contribution in [1.82, 2.24) is 9.55 Å². The minimum atomic E-state index is -0.273. The summed E-state index contributed by atoms with van der Waals surface area (Å²) in [6.07, 6.45) is 3.56. The molecule has 2 aromatic carbocycles. The third kappa shape index (κ3) is 2.89. The Morgan fingerprint density at radius 1 is 1.04 bits per heavy atom. The smallest absolute Gasteiger partial charge is 0.272 e. The van der Waals surface area contributed by atoms with Gasteiger partial charge in [0.25, 0.3) is 5.56 Å².